The molecule has 2 unspecified atom stereocenters. The second kappa shape index (κ2) is 4.35. The Hall–Kier alpha value is -0.196. The van der Waals surface area contributed by atoms with Crippen LogP contribution in [0.25, 0.3) is 0 Å². The lowest BCUT2D eigenvalue weighted by Crippen LogP contribution is -2.53. The average Bonchev–Trinajstić information content (AvgIpc) is 2.16. The van der Waals surface area contributed by atoms with Crippen LogP contribution < -0.4 is 0 Å². The second-order valence-electron chi connectivity index (χ2n) is 3.95. The van der Waals surface area contributed by atoms with E-state index in [0.717, 1.165) is 29.7 Å². The van der Waals surface area contributed by atoms with Crippen molar-refractivity contribution in [2.75, 3.05) is 6.61 Å². The van der Waals surface area contributed by atoms with E-state index < -0.39 is 8.80 Å². The van der Waals surface area contributed by atoms with Crippen molar-refractivity contribution >= 4 is 24.4 Å². The minimum atomic E-state index is -1.41. The molecule has 0 aliphatic carbocycles. The zero-order valence-electron chi connectivity index (χ0n) is 8.51. The average molecular weight is 214 g/mol. The van der Waals surface area contributed by atoms with Crippen LogP contribution >= 0.6 is 0 Å². The number of rotatable bonds is 3. The number of ether oxygens (including phenoxy) is 1. The van der Waals surface area contributed by atoms with Crippen LogP contribution in [0.4, 0.5) is 0 Å². The zero-order chi connectivity index (χ0) is 9.90. The highest BCUT2D eigenvalue weighted by molar-refractivity contribution is 6.96. The Morgan fingerprint density at radius 3 is 2.85 bits per heavy atom. The first-order valence-electron chi connectivity index (χ1n) is 4.90. The Morgan fingerprint density at radius 1 is 1.69 bits per heavy atom. The topological polar surface area (TPSA) is 26.3 Å². The molecule has 0 saturated carbocycles. The van der Waals surface area contributed by atoms with Gasteiger partial charge in [-0.1, -0.05) is 13.1 Å². The van der Waals surface area contributed by atoms with E-state index in [4.69, 9.17) is 4.74 Å². The van der Waals surface area contributed by atoms with E-state index in [1.165, 1.54) is 12.5 Å². The van der Waals surface area contributed by atoms with Crippen molar-refractivity contribution in [2.24, 2.45) is 0 Å². The fraction of sp³-hybridized carbons (Fsp3) is 0.667. The molecule has 1 aliphatic rings. The lowest BCUT2D eigenvalue weighted by Gasteiger charge is -2.37. The number of hydrogen-bond acceptors (Lipinski definition) is 2. The molecule has 0 radical (unpaired) electrons. The molecular formula is C9H18O2Si2. The van der Waals surface area contributed by atoms with Gasteiger partial charge in [0.05, 0.1) is 0 Å². The molecule has 0 aromatic rings. The summed E-state index contributed by atoms with van der Waals surface area (Å²) in [4.78, 5) is 11.5. The predicted molar refractivity (Wildman–Crippen MR) is 60.7 cm³/mol. The minimum absolute atomic E-state index is 0.0174. The Morgan fingerprint density at radius 2 is 2.38 bits per heavy atom. The molecule has 4 heteroatoms. The number of allylic oxidation sites excluding steroid dienone is 1. The van der Waals surface area contributed by atoms with Crippen molar-refractivity contribution in [1.29, 1.82) is 0 Å². The van der Waals surface area contributed by atoms with Crippen molar-refractivity contribution in [1.82, 2.24) is 0 Å². The molecule has 1 heterocycles. The summed E-state index contributed by atoms with van der Waals surface area (Å²) in [5.74, 6) is 0. The smallest absolute Gasteiger partial charge is 0.150 e. The van der Waals surface area contributed by atoms with Gasteiger partial charge in [0, 0.05) is 21.7 Å². The van der Waals surface area contributed by atoms with Gasteiger partial charge in [0.15, 0.2) is 8.80 Å². The normalized spacial score (nSPS) is 31.2. The van der Waals surface area contributed by atoms with Gasteiger partial charge in [0.1, 0.15) is 5.41 Å². The Kier molecular flexibility index (Phi) is 3.64. The highest BCUT2D eigenvalue weighted by Crippen LogP contribution is 2.24. The summed E-state index contributed by atoms with van der Waals surface area (Å²) in [6, 6.07) is 0. The summed E-state index contributed by atoms with van der Waals surface area (Å²) in [6.45, 7) is 6.50. The molecule has 0 bridgehead atoms. The molecule has 1 saturated heterocycles. The lowest BCUT2D eigenvalue weighted by atomic mass is 10.2. The van der Waals surface area contributed by atoms with Crippen molar-refractivity contribution in [3.63, 3.8) is 0 Å². The van der Waals surface area contributed by atoms with Gasteiger partial charge >= 0.3 is 0 Å². The summed E-state index contributed by atoms with van der Waals surface area (Å²) < 4.78 is 5.81. The van der Waals surface area contributed by atoms with Crippen LogP contribution in [0.3, 0.4) is 0 Å². The van der Waals surface area contributed by atoms with Crippen molar-refractivity contribution in [2.45, 2.75) is 30.7 Å². The zero-order valence-corrected chi connectivity index (χ0v) is 11.7. The Bertz CT molecular complexity index is 210. The lowest BCUT2D eigenvalue weighted by molar-refractivity contribution is -0.109. The SMILES string of the molecule is C=CC(=O)[SiH](C)C1([SiH3])CCCCO1. The highest BCUT2D eigenvalue weighted by Gasteiger charge is 2.38. The van der Waals surface area contributed by atoms with Gasteiger partial charge in [0.25, 0.3) is 0 Å². The van der Waals surface area contributed by atoms with E-state index in [1.54, 1.807) is 0 Å². The van der Waals surface area contributed by atoms with Gasteiger partial charge in [-0.25, -0.2) is 0 Å². The monoisotopic (exact) mass is 214 g/mol. The number of carbonyl (C=O) groups excluding carboxylic acids is 1. The molecule has 74 valence electrons. The van der Waals surface area contributed by atoms with Gasteiger partial charge in [-0.05, 0) is 25.3 Å². The first-order chi connectivity index (χ1) is 6.10. The van der Waals surface area contributed by atoms with Crippen LogP contribution in [-0.4, -0.2) is 35.9 Å². The number of hydrogen-bond donors (Lipinski definition) is 0. The van der Waals surface area contributed by atoms with Crippen LogP contribution in [0, 0.1) is 0 Å². The van der Waals surface area contributed by atoms with Crippen LogP contribution in [0.5, 0.6) is 0 Å². The van der Waals surface area contributed by atoms with Crippen LogP contribution in [0.2, 0.25) is 6.55 Å². The maximum atomic E-state index is 11.5. The van der Waals surface area contributed by atoms with E-state index in [-0.39, 0.29) is 10.3 Å². The largest absolute Gasteiger partial charge is 0.383 e. The van der Waals surface area contributed by atoms with E-state index in [1.807, 2.05) is 0 Å². The molecule has 1 fully saturated rings. The van der Waals surface area contributed by atoms with Gasteiger partial charge in [-0.15, -0.1) is 0 Å². The third-order valence-corrected chi connectivity index (χ3v) is 9.81. The summed E-state index contributed by atoms with van der Waals surface area (Å²) in [7, 11) is -0.423. The summed E-state index contributed by atoms with van der Waals surface area (Å²) in [6.07, 6.45) is 4.97. The molecule has 1 rings (SSSR count). The van der Waals surface area contributed by atoms with E-state index in [9.17, 15) is 4.79 Å². The van der Waals surface area contributed by atoms with Gasteiger partial charge < -0.3 is 9.53 Å². The molecule has 0 amide bonds. The van der Waals surface area contributed by atoms with Crippen molar-refractivity contribution in [3.8, 4) is 0 Å². The Labute approximate surface area is 84.4 Å². The van der Waals surface area contributed by atoms with Gasteiger partial charge in [-0.2, -0.15) is 0 Å². The molecule has 2 nitrogen and oxygen atoms in total. The molecule has 13 heavy (non-hydrogen) atoms. The molecule has 2 atom stereocenters. The van der Waals surface area contributed by atoms with Crippen molar-refractivity contribution in [3.05, 3.63) is 12.7 Å². The Balaban J connectivity index is 2.66. The quantitative estimate of drug-likeness (QED) is 0.486. The highest BCUT2D eigenvalue weighted by atomic mass is 28.3. The van der Waals surface area contributed by atoms with Gasteiger partial charge in [0.2, 0.25) is 0 Å². The van der Waals surface area contributed by atoms with E-state index in [2.05, 4.69) is 13.1 Å². The summed E-state index contributed by atoms with van der Waals surface area (Å²) in [5, 5.41) is 0.261. The first kappa shape index (κ1) is 10.9. The van der Waals surface area contributed by atoms with Crippen LogP contribution in [0.15, 0.2) is 12.7 Å². The molecule has 0 aromatic carbocycles. The summed E-state index contributed by atoms with van der Waals surface area (Å²) >= 11 is 0. The molecule has 0 N–H and O–H groups in total. The van der Waals surface area contributed by atoms with Crippen LogP contribution in [0.1, 0.15) is 19.3 Å². The second-order valence-corrected chi connectivity index (χ2v) is 10.0. The predicted octanol–water partition coefficient (Wildman–Crippen LogP) is -0.0610. The fourth-order valence-corrected chi connectivity index (χ4v) is 5.15. The number of carbonyl (C=O) groups is 1. The maximum absolute atomic E-state index is 11.5. The van der Waals surface area contributed by atoms with E-state index >= 15 is 0 Å². The third kappa shape index (κ3) is 2.39. The summed E-state index contributed by atoms with van der Waals surface area (Å²) in [5.41, 5.74) is 0. The van der Waals surface area contributed by atoms with E-state index in [0.29, 0.717) is 0 Å². The van der Waals surface area contributed by atoms with Gasteiger partial charge in [-0.3, -0.25) is 0 Å². The maximum Gasteiger partial charge on any atom is 0.150 e. The first-order valence-corrected chi connectivity index (χ1v) is 8.21. The minimum Gasteiger partial charge on any atom is -0.383 e. The third-order valence-electron chi connectivity index (χ3n) is 3.04. The molecular weight excluding hydrogens is 196 g/mol. The standard InChI is InChI=1S/C9H18O2Si2/c1-3-8(10)13(2)9(12)6-4-5-7-11-9/h3,13H,1,4-7H2,2,12H3. The fourth-order valence-electron chi connectivity index (χ4n) is 1.77. The van der Waals surface area contributed by atoms with Crippen LogP contribution in [-0.2, 0) is 9.53 Å². The van der Waals surface area contributed by atoms with Crippen molar-refractivity contribution < 1.29 is 9.53 Å². The molecule has 1 aliphatic heterocycles. The molecule has 0 aromatic heterocycles. The molecule has 0 spiro atoms.